The highest BCUT2D eigenvalue weighted by molar-refractivity contribution is 5.47. The van der Waals surface area contributed by atoms with Crippen LogP contribution < -0.4 is 10.5 Å². The number of para-hydroxylation sites is 1. The molecule has 2 N–H and O–H groups in total. The van der Waals surface area contributed by atoms with Crippen molar-refractivity contribution in [2.75, 3.05) is 13.1 Å². The zero-order chi connectivity index (χ0) is 15.2. The van der Waals surface area contributed by atoms with E-state index in [1.807, 2.05) is 0 Å². The molecule has 0 aliphatic carbocycles. The van der Waals surface area contributed by atoms with Crippen molar-refractivity contribution >= 4 is 0 Å². The van der Waals surface area contributed by atoms with Crippen LogP contribution in [0.1, 0.15) is 51.3 Å². The SMILES string of the molecule is CC1CC(C)N(C(CN)c2cccc3c2OC(C)(C)C3)C1. The summed E-state index contributed by atoms with van der Waals surface area (Å²) in [6.45, 7) is 10.8. The van der Waals surface area contributed by atoms with Crippen molar-refractivity contribution in [2.45, 2.75) is 58.2 Å². The van der Waals surface area contributed by atoms with Crippen LogP contribution in [-0.4, -0.2) is 29.6 Å². The van der Waals surface area contributed by atoms with Gasteiger partial charge in [-0.15, -0.1) is 0 Å². The molecular formula is C18H28N2O. The smallest absolute Gasteiger partial charge is 0.128 e. The van der Waals surface area contributed by atoms with Crippen molar-refractivity contribution in [1.29, 1.82) is 0 Å². The first-order chi connectivity index (χ1) is 9.91. The Bertz CT molecular complexity index is 526. The lowest BCUT2D eigenvalue weighted by Gasteiger charge is -2.32. The molecule has 2 aliphatic heterocycles. The molecule has 2 heterocycles. The average Bonchev–Trinajstić information content (AvgIpc) is 2.89. The molecule has 1 aromatic rings. The van der Waals surface area contributed by atoms with Crippen LogP contribution in [0.15, 0.2) is 18.2 Å². The average molecular weight is 288 g/mol. The predicted octanol–water partition coefficient (Wildman–Crippen LogP) is 3.13. The van der Waals surface area contributed by atoms with E-state index in [1.54, 1.807) is 0 Å². The third-order valence-corrected chi connectivity index (χ3v) is 4.94. The molecule has 0 aromatic heterocycles. The van der Waals surface area contributed by atoms with Crippen molar-refractivity contribution in [1.82, 2.24) is 4.90 Å². The molecular weight excluding hydrogens is 260 g/mol. The van der Waals surface area contributed by atoms with Crippen LogP contribution in [0.3, 0.4) is 0 Å². The number of fused-ring (bicyclic) bond motifs is 1. The Labute approximate surface area is 128 Å². The molecule has 0 saturated carbocycles. The lowest BCUT2D eigenvalue weighted by molar-refractivity contribution is 0.130. The topological polar surface area (TPSA) is 38.5 Å². The third-order valence-electron chi connectivity index (χ3n) is 4.94. The molecule has 3 nitrogen and oxygen atoms in total. The number of ether oxygens (including phenoxy) is 1. The fourth-order valence-corrected chi connectivity index (χ4v) is 4.11. The Hall–Kier alpha value is -1.06. The Morgan fingerprint density at radius 2 is 2.14 bits per heavy atom. The standard InChI is InChI=1S/C18H28N2O/c1-12-8-13(2)20(11-12)16(10-19)15-7-5-6-14-9-18(3,4)21-17(14)15/h5-7,12-13,16H,8-11,19H2,1-4H3. The second-order valence-corrected chi connectivity index (χ2v) is 7.51. The Balaban J connectivity index is 1.95. The number of likely N-dealkylation sites (tertiary alicyclic amines) is 1. The maximum absolute atomic E-state index is 6.25. The molecule has 1 saturated heterocycles. The maximum Gasteiger partial charge on any atom is 0.128 e. The van der Waals surface area contributed by atoms with Gasteiger partial charge in [-0.1, -0.05) is 25.1 Å². The summed E-state index contributed by atoms with van der Waals surface area (Å²) in [5.41, 5.74) is 8.67. The fraction of sp³-hybridized carbons (Fsp3) is 0.667. The van der Waals surface area contributed by atoms with Crippen LogP contribution in [0, 0.1) is 5.92 Å². The second kappa shape index (κ2) is 5.29. The molecule has 2 aliphatic rings. The number of nitrogens with zero attached hydrogens (tertiary/aromatic N) is 1. The summed E-state index contributed by atoms with van der Waals surface area (Å²) >= 11 is 0. The summed E-state index contributed by atoms with van der Waals surface area (Å²) in [5.74, 6) is 1.84. The van der Waals surface area contributed by atoms with Crippen LogP contribution in [0.5, 0.6) is 5.75 Å². The Morgan fingerprint density at radius 3 is 2.76 bits per heavy atom. The van der Waals surface area contributed by atoms with E-state index in [0.29, 0.717) is 12.6 Å². The summed E-state index contributed by atoms with van der Waals surface area (Å²) < 4.78 is 6.25. The van der Waals surface area contributed by atoms with Gasteiger partial charge in [0, 0.05) is 31.1 Å². The number of hydrogen-bond donors (Lipinski definition) is 1. The molecule has 3 heteroatoms. The minimum Gasteiger partial charge on any atom is -0.487 e. The molecule has 0 bridgehead atoms. The summed E-state index contributed by atoms with van der Waals surface area (Å²) in [5, 5.41) is 0. The van der Waals surface area contributed by atoms with Gasteiger partial charge in [0.15, 0.2) is 0 Å². The first-order valence-electron chi connectivity index (χ1n) is 8.18. The van der Waals surface area contributed by atoms with E-state index < -0.39 is 0 Å². The summed E-state index contributed by atoms with van der Waals surface area (Å²) in [4.78, 5) is 2.56. The third kappa shape index (κ3) is 2.69. The second-order valence-electron chi connectivity index (χ2n) is 7.51. The van der Waals surface area contributed by atoms with Gasteiger partial charge >= 0.3 is 0 Å². The number of nitrogens with two attached hydrogens (primary N) is 1. The van der Waals surface area contributed by atoms with Gasteiger partial charge in [0.2, 0.25) is 0 Å². The molecule has 0 radical (unpaired) electrons. The number of benzene rings is 1. The van der Waals surface area contributed by atoms with Gasteiger partial charge in [-0.05, 0) is 38.7 Å². The molecule has 21 heavy (non-hydrogen) atoms. The number of hydrogen-bond acceptors (Lipinski definition) is 3. The first-order valence-corrected chi connectivity index (χ1v) is 8.18. The van der Waals surface area contributed by atoms with Crippen LogP contribution in [-0.2, 0) is 6.42 Å². The normalized spacial score (nSPS) is 29.2. The van der Waals surface area contributed by atoms with Gasteiger partial charge in [-0.25, -0.2) is 0 Å². The van der Waals surface area contributed by atoms with E-state index in [2.05, 4.69) is 50.8 Å². The first kappa shape index (κ1) is 14.9. The maximum atomic E-state index is 6.25. The molecule has 3 rings (SSSR count). The van der Waals surface area contributed by atoms with Gasteiger partial charge in [-0.2, -0.15) is 0 Å². The van der Waals surface area contributed by atoms with E-state index in [1.165, 1.54) is 17.5 Å². The van der Waals surface area contributed by atoms with Gasteiger partial charge in [0.25, 0.3) is 0 Å². The highest BCUT2D eigenvalue weighted by Crippen LogP contribution is 2.42. The van der Waals surface area contributed by atoms with E-state index in [9.17, 15) is 0 Å². The lowest BCUT2D eigenvalue weighted by Crippen LogP contribution is -2.36. The Kier molecular flexibility index (Phi) is 3.74. The minimum atomic E-state index is -0.0957. The van der Waals surface area contributed by atoms with Crippen molar-refractivity contribution in [2.24, 2.45) is 11.7 Å². The van der Waals surface area contributed by atoms with Crippen molar-refractivity contribution in [3.63, 3.8) is 0 Å². The predicted molar refractivity (Wildman–Crippen MR) is 86.6 cm³/mol. The zero-order valence-corrected chi connectivity index (χ0v) is 13.7. The molecule has 3 atom stereocenters. The summed E-state index contributed by atoms with van der Waals surface area (Å²) in [7, 11) is 0. The molecule has 0 spiro atoms. The summed E-state index contributed by atoms with van der Waals surface area (Å²) in [6.07, 6.45) is 2.25. The molecule has 1 aromatic carbocycles. The minimum absolute atomic E-state index is 0.0957. The van der Waals surface area contributed by atoms with Crippen LogP contribution in [0.2, 0.25) is 0 Å². The molecule has 1 fully saturated rings. The molecule has 3 unspecified atom stereocenters. The highest BCUT2D eigenvalue weighted by atomic mass is 16.5. The molecule has 0 amide bonds. The zero-order valence-electron chi connectivity index (χ0n) is 13.7. The van der Waals surface area contributed by atoms with E-state index in [-0.39, 0.29) is 11.6 Å². The van der Waals surface area contributed by atoms with E-state index >= 15 is 0 Å². The summed E-state index contributed by atoms with van der Waals surface area (Å²) in [6, 6.07) is 7.42. The largest absolute Gasteiger partial charge is 0.487 e. The van der Waals surface area contributed by atoms with Crippen molar-refractivity contribution < 1.29 is 4.74 Å². The number of rotatable bonds is 3. The van der Waals surface area contributed by atoms with Gasteiger partial charge in [-0.3, -0.25) is 4.90 Å². The molecule has 116 valence electrons. The fourth-order valence-electron chi connectivity index (χ4n) is 4.11. The monoisotopic (exact) mass is 288 g/mol. The Morgan fingerprint density at radius 1 is 1.38 bits per heavy atom. The van der Waals surface area contributed by atoms with E-state index in [4.69, 9.17) is 10.5 Å². The van der Waals surface area contributed by atoms with Gasteiger partial charge in [0.05, 0.1) is 6.04 Å². The van der Waals surface area contributed by atoms with Crippen LogP contribution in [0.25, 0.3) is 0 Å². The quantitative estimate of drug-likeness (QED) is 0.928. The van der Waals surface area contributed by atoms with Gasteiger partial charge < -0.3 is 10.5 Å². The van der Waals surface area contributed by atoms with Gasteiger partial charge in [0.1, 0.15) is 11.4 Å². The lowest BCUT2D eigenvalue weighted by atomic mass is 9.97. The van der Waals surface area contributed by atoms with Crippen LogP contribution >= 0.6 is 0 Å². The van der Waals surface area contributed by atoms with Crippen molar-refractivity contribution in [3.05, 3.63) is 29.3 Å². The highest BCUT2D eigenvalue weighted by Gasteiger charge is 2.37. The van der Waals surface area contributed by atoms with Crippen LogP contribution in [0.4, 0.5) is 0 Å². The van der Waals surface area contributed by atoms with E-state index in [0.717, 1.165) is 24.6 Å². The van der Waals surface area contributed by atoms with Crippen molar-refractivity contribution in [3.8, 4) is 5.75 Å².